The van der Waals surface area contributed by atoms with E-state index in [9.17, 15) is 9.90 Å². The third-order valence-electron chi connectivity index (χ3n) is 3.10. The van der Waals surface area contributed by atoms with Gasteiger partial charge in [-0.05, 0) is 24.7 Å². The van der Waals surface area contributed by atoms with Crippen LogP contribution in [0.5, 0.6) is 0 Å². The van der Waals surface area contributed by atoms with Crippen LogP contribution in [0, 0.1) is 11.8 Å². The molecule has 1 aliphatic heterocycles. The zero-order chi connectivity index (χ0) is 9.47. The lowest BCUT2D eigenvalue weighted by atomic mass is 10.0. The van der Waals surface area contributed by atoms with Crippen LogP contribution in [0.2, 0.25) is 0 Å². The van der Waals surface area contributed by atoms with Gasteiger partial charge in [0.15, 0.2) is 5.60 Å². The SMILES string of the molecule is COC(=O)C1(O)C[C@H]2COC[C@H]2C1. The molecule has 1 unspecified atom stereocenters. The summed E-state index contributed by atoms with van der Waals surface area (Å²) < 4.78 is 9.83. The van der Waals surface area contributed by atoms with E-state index < -0.39 is 11.6 Å². The van der Waals surface area contributed by atoms with E-state index in [4.69, 9.17) is 4.74 Å². The van der Waals surface area contributed by atoms with Crippen molar-refractivity contribution in [2.24, 2.45) is 11.8 Å². The maximum absolute atomic E-state index is 11.3. The molecule has 1 N–H and O–H groups in total. The normalized spacial score (nSPS) is 43.2. The highest BCUT2D eigenvalue weighted by Crippen LogP contribution is 2.43. The smallest absolute Gasteiger partial charge is 0.337 e. The molecule has 1 heterocycles. The fraction of sp³-hybridized carbons (Fsp3) is 0.889. The molecule has 2 rings (SSSR count). The molecule has 0 aromatic heterocycles. The Morgan fingerprint density at radius 3 is 2.46 bits per heavy atom. The molecule has 74 valence electrons. The largest absolute Gasteiger partial charge is 0.467 e. The Hall–Kier alpha value is -0.610. The van der Waals surface area contributed by atoms with Crippen molar-refractivity contribution in [3.05, 3.63) is 0 Å². The minimum absolute atomic E-state index is 0.337. The van der Waals surface area contributed by atoms with Gasteiger partial charge in [-0.25, -0.2) is 4.79 Å². The summed E-state index contributed by atoms with van der Waals surface area (Å²) in [6.45, 7) is 1.34. The van der Waals surface area contributed by atoms with Crippen molar-refractivity contribution in [2.75, 3.05) is 20.3 Å². The van der Waals surface area contributed by atoms with E-state index in [0.29, 0.717) is 37.9 Å². The number of hydrogen-bond acceptors (Lipinski definition) is 4. The third kappa shape index (κ3) is 1.34. The van der Waals surface area contributed by atoms with Crippen LogP contribution >= 0.6 is 0 Å². The molecule has 1 saturated carbocycles. The van der Waals surface area contributed by atoms with Gasteiger partial charge in [0.25, 0.3) is 0 Å². The topological polar surface area (TPSA) is 55.8 Å². The molecule has 2 fully saturated rings. The first-order valence-corrected chi connectivity index (χ1v) is 4.54. The highest BCUT2D eigenvalue weighted by molar-refractivity contribution is 5.79. The molecule has 0 radical (unpaired) electrons. The third-order valence-corrected chi connectivity index (χ3v) is 3.10. The van der Waals surface area contributed by atoms with Crippen LogP contribution in [-0.4, -0.2) is 37.0 Å². The highest BCUT2D eigenvalue weighted by Gasteiger charge is 2.51. The second kappa shape index (κ2) is 2.96. The molecular weight excluding hydrogens is 172 g/mol. The van der Waals surface area contributed by atoms with Gasteiger partial charge >= 0.3 is 5.97 Å². The molecule has 0 aromatic carbocycles. The predicted octanol–water partition coefficient (Wildman–Crippen LogP) is -0.0531. The minimum atomic E-state index is -1.24. The van der Waals surface area contributed by atoms with Crippen LogP contribution in [0.3, 0.4) is 0 Å². The molecule has 0 spiro atoms. The van der Waals surface area contributed by atoms with Crippen molar-refractivity contribution in [3.8, 4) is 0 Å². The van der Waals surface area contributed by atoms with Gasteiger partial charge in [-0.1, -0.05) is 0 Å². The van der Waals surface area contributed by atoms with Gasteiger partial charge in [-0.15, -0.1) is 0 Å². The van der Waals surface area contributed by atoms with Gasteiger partial charge in [0.2, 0.25) is 0 Å². The Kier molecular flexibility index (Phi) is 2.04. The number of carbonyl (C=O) groups is 1. The first-order chi connectivity index (χ1) is 6.15. The van der Waals surface area contributed by atoms with Crippen molar-refractivity contribution >= 4 is 5.97 Å². The van der Waals surface area contributed by atoms with E-state index in [2.05, 4.69) is 4.74 Å². The lowest BCUT2D eigenvalue weighted by molar-refractivity contribution is -0.162. The van der Waals surface area contributed by atoms with Crippen LogP contribution < -0.4 is 0 Å². The molecular formula is C9H14O4. The zero-order valence-corrected chi connectivity index (χ0v) is 7.66. The highest BCUT2D eigenvalue weighted by atomic mass is 16.5. The van der Waals surface area contributed by atoms with Gasteiger partial charge in [0.05, 0.1) is 7.11 Å². The van der Waals surface area contributed by atoms with Gasteiger partial charge < -0.3 is 14.6 Å². The summed E-state index contributed by atoms with van der Waals surface area (Å²) >= 11 is 0. The summed E-state index contributed by atoms with van der Waals surface area (Å²) in [6, 6.07) is 0. The molecule has 0 aromatic rings. The zero-order valence-electron chi connectivity index (χ0n) is 7.66. The fourth-order valence-electron chi connectivity index (χ4n) is 2.40. The van der Waals surface area contributed by atoms with E-state index in [-0.39, 0.29) is 0 Å². The summed E-state index contributed by atoms with van der Waals surface area (Å²) in [4.78, 5) is 11.3. The lowest BCUT2D eigenvalue weighted by Gasteiger charge is -2.19. The van der Waals surface area contributed by atoms with Crippen LogP contribution in [0.15, 0.2) is 0 Å². The molecule has 13 heavy (non-hydrogen) atoms. The number of carbonyl (C=O) groups excluding carboxylic acids is 1. The van der Waals surface area contributed by atoms with Crippen molar-refractivity contribution < 1.29 is 19.4 Å². The molecule has 0 amide bonds. The fourth-order valence-corrected chi connectivity index (χ4v) is 2.40. The molecule has 0 bridgehead atoms. The second-order valence-electron chi connectivity index (χ2n) is 3.99. The van der Waals surface area contributed by atoms with Crippen LogP contribution in [-0.2, 0) is 14.3 Å². The summed E-state index contributed by atoms with van der Waals surface area (Å²) in [5.41, 5.74) is -1.24. The second-order valence-corrected chi connectivity index (χ2v) is 3.99. The Bertz CT molecular complexity index is 214. The van der Waals surface area contributed by atoms with Crippen molar-refractivity contribution in [1.29, 1.82) is 0 Å². The van der Waals surface area contributed by atoms with E-state index in [0.717, 1.165) is 0 Å². The summed E-state index contributed by atoms with van der Waals surface area (Å²) in [5.74, 6) is 0.176. The Morgan fingerprint density at radius 1 is 1.46 bits per heavy atom. The van der Waals surface area contributed by atoms with Crippen molar-refractivity contribution in [1.82, 2.24) is 0 Å². The number of ether oxygens (including phenoxy) is 2. The van der Waals surface area contributed by atoms with Crippen LogP contribution in [0.25, 0.3) is 0 Å². The standard InChI is InChI=1S/C9H14O4/c1-12-8(10)9(11)2-6-4-13-5-7(6)3-9/h6-7,11H,2-5H2,1H3/t6-,7+,9?. The molecule has 3 atom stereocenters. The van der Waals surface area contributed by atoms with Gasteiger partial charge in [0, 0.05) is 13.2 Å². The molecule has 4 heteroatoms. The van der Waals surface area contributed by atoms with E-state index in [1.165, 1.54) is 7.11 Å². The molecule has 1 saturated heterocycles. The van der Waals surface area contributed by atoms with Crippen LogP contribution in [0.1, 0.15) is 12.8 Å². The van der Waals surface area contributed by atoms with Gasteiger partial charge in [-0.3, -0.25) is 0 Å². The van der Waals surface area contributed by atoms with E-state index in [1.807, 2.05) is 0 Å². The van der Waals surface area contributed by atoms with E-state index >= 15 is 0 Å². The number of fused-ring (bicyclic) bond motifs is 1. The maximum atomic E-state index is 11.3. The predicted molar refractivity (Wildman–Crippen MR) is 44.0 cm³/mol. The molecule has 4 nitrogen and oxygen atoms in total. The quantitative estimate of drug-likeness (QED) is 0.583. The average Bonchev–Trinajstić information content (AvgIpc) is 2.61. The first kappa shape index (κ1) is 8.97. The number of esters is 1. The maximum Gasteiger partial charge on any atom is 0.337 e. The summed E-state index contributed by atoms with van der Waals surface area (Å²) in [5, 5.41) is 9.94. The number of methoxy groups -OCH3 is 1. The molecule has 2 aliphatic rings. The van der Waals surface area contributed by atoms with Crippen LogP contribution in [0.4, 0.5) is 0 Å². The van der Waals surface area contributed by atoms with Gasteiger partial charge in [0.1, 0.15) is 0 Å². The lowest BCUT2D eigenvalue weighted by Crippen LogP contribution is -2.37. The number of aliphatic hydroxyl groups is 1. The van der Waals surface area contributed by atoms with Crippen molar-refractivity contribution in [2.45, 2.75) is 18.4 Å². The van der Waals surface area contributed by atoms with Crippen molar-refractivity contribution in [3.63, 3.8) is 0 Å². The number of hydrogen-bond donors (Lipinski definition) is 1. The minimum Gasteiger partial charge on any atom is -0.467 e. The average molecular weight is 186 g/mol. The molecule has 1 aliphatic carbocycles. The Labute approximate surface area is 76.8 Å². The van der Waals surface area contributed by atoms with E-state index in [1.54, 1.807) is 0 Å². The van der Waals surface area contributed by atoms with Gasteiger partial charge in [-0.2, -0.15) is 0 Å². The monoisotopic (exact) mass is 186 g/mol. The summed E-state index contributed by atoms with van der Waals surface area (Å²) in [6.07, 6.45) is 0.981. The first-order valence-electron chi connectivity index (χ1n) is 4.54. The number of rotatable bonds is 1. The Morgan fingerprint density at radius 2 is 2.00 bits per heavy atom. The summed E-state index contributed by atoms with van der Waals surface area (Å²) in [7, 11) is 1.31. The Balaban J connectivity index is 2.08.